The van der Waals surface area contributed by atoms with Gasteiger partial charge in [0.25, 0.3) is 5.56 Å². The standard InChI is InChI=1S/C19H19FN4O2S/c1-12(25)24-8-6-23(7-9-24)10-16-21-18(26)17-15(11-27-19(17)22-16)13-2-4-14(20)5-3-13/h2-5,11H,6-10H2,1H3,(H,21,22,26). The summed E-state index contributed by atoms with van der Waals surface area (Å²) >= 11 is 1.41. The number of H-pyrrole nitrogens is 1. The second-order valence-corrected chi connectivity index (χ2v) is 7.49. The number of nitrogens with zero attached hydrogens (tertiary/aromatic N) is 3. The van der Waals surface area contributed by atoms with Crippen LogP contribution < -0.4 is 5.56 Å². The first kappa shape index (κ1) is 17.8. The molecular formula is C19H19FN4O2S. The van der Waals surface area contributed by atoms with E-state index in [1.807, 2.05) is 10.3 Å². The van der Waals surface area contributed by atoms with E-state index in [9.17, 15) is 14.0 Å². The quantitative estimate of drug-likeness (QED) is 0.751. The van der Waals surface area contributed by atoms with E-state index in [1.165, 1.54) is 23.5 Å². The highest BCUT2D eigenvalue weighted by Gasteiger charge is 2.20. The number of thiophene rings is 1. The number of nitrogens with one attached hydrogen (secondary N) is 1. The third-order valence-corrected chi connectivity index (χ3v) is 5.71. The van der Waals surface area contributed by atoms with Gasteiger partial charge in [-0.15, -0.1) is 11.3 Å². The third kappa shape index (κ3) is 3.63. The van der Waals surface area contributed by atoms with Crippen molar-refractivity contribution in [2.75, 3.05) is 26.2 Å². The molecule has 1 fully saturated rings. The molecule has 1 aromatic carbocycles. The number of piperazine rings is 1. The van der Waals surface area contributed by atoms with E-state index in [0.717, 1.165) is 24.2 Å². The zero-order valence-electron chi connectivity index (χ0n) is 14.9. The summed E-state index contributed by atoms with van der Waals surface area (Å²) in [6.45, 7) is 5.02. The number of aromatic amines is 1. The number of rotatable bonds is 3. The van der Waals surface area contributed by atoms with Gasteiger partial charge in [0.1, 0.15) is 16.5 Å². The van der Waals surface area contributed by atoms with E-state index >= 15 is 0 Å². The fraction of sp³-hybridized carbons (Fsp3) is 0.316. The summed E-state index contributed by atoms with van der Waals surface area (Å²) < 4.78 is 13.2. The van der Waals surface area contributed by atoms with Crippen molar-refractivity contribution in [3.8, 4) is 11.1 Å². The minimum atomic E-state index is -0.308. The predicted octanol–water partition coefficient (Wildman–Crippen LogP) is 2.45. The maximum atomic E-state index is 13.2. The lowest BCUT2D eigenvalue weighted by Gasteiger charge is -2.33. The van der Waals surface area contributed by atoms with Gasteiger partial charge in [-0.2, -0.15) is 0 Å². The van der Waals surface area contributed by atoms with Gasteiger partial charge in [-0.3, -0.25) is 14.5 Å². The zero-order chi connectivity index (χ0) is 19.0. The normalized spacial score (nSPS) is 15.4. The summed E-state index contributed by atoms with van der Waals surface area (Å²) in [6, 6.07) is 6.10. The van der Waals surface area contributed by atoms with E-state index in [1.54, 1.807) is 19.1 Å². The first-order valence-corrected chi connectivity index (χ1v) is 9.63. The maximum absolute atomic E-state index is 13.2. The molecule has 0 bridgehead atoms. The highest BCUT2D eigenvalue weighted by atomic mass is 32.1. The van der Waals surface area contributed by atoms with Crippen LogP contribution >= 0.6 is 11.3 Å². The lowest BCUT2D eigenvalue weighted by atomic mass is 10.1. The average molecular weight is 386 g/mol. The van der Waals surface area contributed by atoms with Crippen molar-refractivity contribution < 1.29 is 9.18 Å². The Morgan fingerprint density at radius 2 is 1.93 bits per heavy atom. The van der Waals surface area contributed by atoms with Crippen LogP contribution in [-0.4, -0.2) is 51.9 Å². The van der Waals surface area contributed by atoms with E-state index in [0.29, 0.717) is 35.7 Å². The maximum Gasteiger partial charge on any atom is 0.260 e. The summed E-state index contributed by atoms with van der Waals surface area (Å²) in [5, 5.41) is 2.42. The molecular weight excluding hydrogens is 367 g/mol. The number of halogens is 1. The van der Waals surface area contributed by atoms with Gasteiger partial charge in [0.05, 0.1) is 11.9 Å². The molecule has 2 aromatic heterocycles. The van der Waals surface area contributed by atoms with Crippen LogP contribution in [0, 0.1) is 5.82 Å². The van der Waals surface area contributed by atoms with Gasteiger partial charge in [-0.25, -0.2) is 9.37 Å². The van der Waals surface area contributed by atoms with Crippen molar-refractivity contribution >= 4 is 27.5 Å². The van der Waals surface area contributed by atoms with Gasteiger partial charge >= 0.3 is 0 Å². The molecule has 140 valence electrons. The average Bonchev–Trinajstić information content (AvgIpc) is 3.07. The molecule has 0 saturated carbocycles. The minimum absolute atomic E-state index is 0.0921. The van der Waals surface area contributed by atoms with E-state index in [4.69, 9.17) is 0 Å². The van der Waals surface area contributed by atoms with Crippen molar-refractivity contribution in [3.05, 3.63) is 51.6 Å². The summed E-state index contributed by atoms with van der Waals surface area (Å²) in [5.74, 6) is 0.406. The Bertz CT molecular complexity index is 1040. The monoisotopic (exact) mass is 386 g/mol. The predicted molar refractivity (Wildman–Crippen MR) is 103 cm³/mol. The Labute approximate surface area is 159 Å². The van der Waals surface area contributed by atoms with Crippen molar-refractivity contribution in [3.63, 3.8) is 0 Å². The molecule has 6 nitrogen and oxygen atoms in total. The van der Waals surface area contributed by atoms with Gasteiger partial charge in [0, 0.05) is 44.0 Å². The van der Waals surface area contributed by atoms with Crippen LogP contribution in [0.4, 0.5) is 4.39 Å². The minimum Gasteiger partial charge on any atom is -0.340 e. The van der Waals surface area contributed by atoms with Crippen LogP contribution in [0.3, 0.4) is 0 Å². The molecule has 3 aromatic rings. The molecule has 3 heterocycles. The molecule has 1 amide bonds. The topological polar surface area (TPSA) is 69.3 Å². The number of carbonyl (C=O) groups excluding carboxylic acids is 1. The Balaban J connectivity index is 1.57. The lowest BCUT2D eigenvalue weighted by molar-refractivity contribution is -0.130. The molecule has 1 aliphatic heterocycles. The number of hydrogen-bond donors (Lipinski definition) is 1. The SMILES string of the molecule is CC(=O)N1CCN(Cc2nc3scc(-c4ccc(F)cc4)c3c(=O)[nH]2)CC1. The Hall–Kier alpha value is -2.58. The van der Waals surface area contributed by atoms with E-state index < -0.39 is 0 Å². The van der Waals surface area contributed by atoms with Crippen molar-refractivity contribution in [2.45, 2.75) is 13.5 Å². The summed E-state index contributed by atoms with van der Waals surface area (Å²) in [6.07, 6.45) is 0. The highest BCUT2D eigenvalue weighted by Crippen LogP contribution is 2.30. The molecule has 0 aliphatic carbocycles. The number of hydrogen-bond acceptors (Lipinski definition) is 5. The molecule has 1 N–H and O–H groups in total. The zero-order valence-corrected chi connectivity index (χ0v) is 15.7. The number of amides is 1. The van der Waals surface area contributed by atoms with Crippen LogP contribution in [0.25, 0.3) is 21.3 Å². The van der Waals surface area contributed by atoms with Gasteiger partial charge in [-0.05, 0) is 17.7 Å². The summed E-state index contributed by atoms with van der Waals surface area (Å²) in [5.41, 5.74) is 1.38. The van der Waals surface area contributed by atoms with E-state index in [-0.39, 0.29) is 17.3 Å². The number of aromatic nitrogens is 2. The van der Waals surface area contributed by atoms with Crippen LogP contribution in [0.2, 0.25) is 0 Å². The molecule has 0 spiro atoms. The summed E-state index contributed by atoms with van der Waals surface area (Å²) in [7, 11) is 0. The summed E-state index contributed by atoms with van der Waals surface area (Å²) in [4.78, 5) is 36.3. The van der Waals surface area contributed by atoms with Crippen LogP contribution in [0.5, 0.6) is 0 Å². The molecule has 0 radical (unpaired) electrons. The van der Waals surface area contributed by atoms with E-state index in [2.05, 4.69) is 14.9 Å². The molecule has 4 rings (SSSR count). The van der Waals surface area contributed by atoms with Gasteiger partial charge < -0.3 is 9.88 Å². The molecule has 27 heavy (non-hydrogen) atoms. The van der Waals surface area contributed by atoms with Crippen molar-refractivity contribution in [1.82, 2.24) is 19.8 Å². The van der Waals surface area contributed by atoms with Crippen LogP contribution in [0.15, 0.2) is 34.4 Å². The Morgan fingerprint density at radius 3 is 2.59 bits per heavy atom. The first-order valence-electron chi connectivity index (χ1n) is 8.75. The number of carbonyl (C=O) groups is 1. The number of benzene rings is 1. The van der Waals surface area contributed by atoms with Crippen molar-refractivity contribution in [2.24, 2.45) is 0 Å². The highest BCUT2D eigenvalue weighted by molar-refractivity contribution is 7.17. The molecule has 0 atom stereocenters. The molecule has 1 saturated heterocycles. The largest absolute Gasteiger partial charge is 0.340 e. The number of fused-ring (bicyclic) bond motifs is 1. The smallest absolute Gasteiger partial charge is 0.260 e. The third-order valence-electron chi connectivity index (χ3n) is 4.84. The van der Waals surface area contributed by atoms with Crippen LogP contribution in [0.1, 0.15) is 12.7 Å². The molecule has 1 aliphatic rings. The molecule has 0 unspecified atom stereocenters. The molecule has 8 heteroatoms. The Morgan fingerprint density at radius 1 is 1.22 bits per heavy atom. The lowest BCUT2D eigenvalue weighted by Crippen LogP contribution is -2.47. The van der Waals surface area contributed by atoms with Gasteiger partial charge in [0.15, 0.2) is 0 Å². The van der Waals surface area contributed by atoms with Crippen molar-refractivity contribution in [1.29, 1.82) is 0 Å². The fourth-order valence-corrected chi connectivity index (χ4v) is 4.31. The second-order valence-electron chi connectivity index (χ2n) is 6.63. The fourth-order valence-electron chi connectivity index (χ4n) is 3.34. The van der Waals surface area contributed by atoms with Gasteiger partial charge in [0.2, 0.25) is 5.91 Å². The first-order chi connectivity index (χ1) is 13.0. The Kier molecular flexibility index (Phi) is 4.75. The van der Waals surface area contributed by atoms with Gasteiger partial charge in [-0.1, -0.05) is 12.1 Å². The van der Waals surface area contributed by atoms with Crippen LogP contribution in [-0.2, 0) is 11.3 Å². The second kappa shape index (κ2) is 7.21.